The van der Waals surface area contributed by atoms with Crippen molar-refractivity contribution in [2.24, 2.45) is 5.73 Å². The number of nitrogens with zero attached hydrogens (tertiary/aromatic N) is 1. The normalized spacial score (nSPS) is 16.3. The maximum absolute atomic E-state index is 13.8. The number of allylic oxidation sites excluding steroid dienone is 2. The molecule has 0 bridgehead atoms. The summed E-state index contributed by atoms with van der Waals surface area (Å²) in [5, 5.41) is 3.03. The highest BCUT2D eigenvalue weighted by Gasteiger charge is 2.41. The molecule has 0 fully saturated rings. The van der Waals surface area contributed by atoms with Gasteiger partial charge in [0.15, 0.2) is 0 Å². The SMILES string of the molecule is CC1=C(OC(N)=O)C(c2ccccc2C(F)(F)F)c2c(ccnc2OC(C)C)N1. The molecule has 0 radical (unpaired) electrons. The third-order valence-corrected chi connectivity index (χ3v) is 4.33. The zero-order chi connectivity index (χ0) is 21.3. The number of rotatable bonds is 4. The molecule has 6 nitrogen and oxygen atoms in total. The van der Waals surface area contributed by atoms with Gasteiger partial charge in [0.25, 0.3) is 0 Å². The number of carbonyl (C=O) groups excluding carboxylic acids is 1. The van der Waals surface area contributed by atoms with Crippen molar-refractivity contribution >= 4 is 11.8 Å². The van der Waals surface area contributed by atoms with Crippen LogP contribution in [0.4, 0.5) is 23.7 Å². The number of hydrogen-bond donors (Lipinski definition) is 2. The highest BCUT2D eigenvalue weighted by atomic mass is 19.4. The number of amides is 1. The Kier molecular flexibility index (Phi) is 5.41. The molecule has 154 valence electrons. The zero-order valence-electron chi connectivity index (χ0n) is 16.0. The summed E-state index contributed by atoms with van der Waals surface area (Å²) in [5.41, 5.74) is 5.45. The third kappa shape index (κ3) is 4.13. The average Bonchev–Trinajstić information content (AvgIpc) is 2.61. The molecule has 1 aliphatic heterocycles. The molecule has 1 aromatic carbocycles. The second kappa shape index (κ2) is 7.65. The Morgan fingerprint density at radius 1 is 1.24 bits per heavy atom. The molecule has 3 N–H and O–H groups in total. The Bertz CT molecular complexity index is 971. The summed E-state index contributed by atoms with van der Waals surface area (Å²) in [7, 11) is 0. The molecule has 1 atom stereocenters. The summed E-state index contributed by atoms with van der Waals surface area (Å²) in [6.45, 7) is 5.14. The van der Waals surface area contributed by atoms with Crippen LogP contribution < -0.4 is 15.8 Å². The number of pyridine rings is 1. The number of halogens is 3. The first-order valence-electron chi connectivity index (χ1n) is 8.86. The second-order valence-corrected chi connectivity index (χ2v) is 6.80. The molecule has 2 heterocycles. The van der Waals surface area contributed by atoms with E-state index < -0.39 is 23.8 Å². The molecule has 1 amide bonds. The van der Waals surface area contributed by atoms with Crippen molar-refractivity contribution in [1.29, 1.82) is 0 Å². The van der Waals surface area contributed by atoms with E-state index in [2.05, 4.69) is 10.3 Å². The zero-order valence-corrected chi connectivity index (χ0v) is 16.0. The van der Waals surface area contributed by atoms with Gasteiger partial charge in [-0.25, -0.2) is 9.78 Å². The number of nitrogens with two attached hydrogens (primary N) is 1. The van der Waals surface area contributed by atoms with Crippen LogP contribution in [0, 0.1) is 0 Å². The first-order valence-corrected chi connectivity index (χ1v) is 8.86. The van der Waals surface area contributed by atoms with E-state index in [1.807, 2.05) is 0 Å². The van der Waals surface area contributed by atoms with Crippen molar-refractivity contribution in [2.75, 3.05) is 5.32 Å². The molecule has 0 saturated carbocycles. The number of carbonyl (C=O) groups is 1. The molecule has 0 aliphatic carbocycles. The smallest absolute Gasteiger partial charge is 0.416 e. The number of benzene rings is 1. The lowest BCUT2D eigenvalue weighted by Crippen LogP contribution is -2.26. The van der Waals surface area contributed by atoms with Crippen LogP contribution in [0.3, 0.4) is 0 Å². The van der Waals surface area contributed by atoms with E-state index >= 15 is 0 Å². The predicted molar refractivity (Wildman–Crippen MR) is 100 cm³/mol. The van der Waals surface area contributed by atoms with Crippen molar-refractivity contribution in [2.45, 2.75) is 39.0 Å². The minimum atomic E-state index is -4.62. The van der Waals surface area contributed by atoms with Gasteiger partial charge in [-0.05, 0) is 38.5 Å². The van der Waals surface area contributed by atoms with Gasteiger partial charge in [0.1, 0.15) is 5.76 Å². The third-order valence-electron chi connectivity index (χ3n) is 4.33. The van der Waals surface area contributed by atoms with Gasteiger partial charge in [0.05, 0.1) is 28.8 Å². The Morgan fingerprint density at radius 3 is 2.55 bits per heavy atom. The van der Waals surface area contributed by atoms with Gasteiger partial charge in [0.2, 0.25) is 5.88 Å². The quantitative estimate of drug-likeness (QED) is 0.762. The standard InChI is InChI=1S/C20H20F3N3O3/c1-10(2)28-18-16-14(8-9-25-18)26-11(3)17(29-19(24)27)15(16)12-6-4-5-7-13(12)20(21,22)23/h4-10,15,26H,1-3H3,(H2,24,27). The lowest BCUT2D eigenvalue weighted by molar-refractivity contribution is -0.138. The summed E-state index contributed by atoms with van der Waals surface area (Å²) in [6.07, 6.45) is -4.53. The van der Waals surface area contributed by atoms with Gasteiger partial charge in [0, 0.05) is 11.9 Å². The van der Waals surface area contributed by atoms with Crippen LogP contribution in [0.5, 0.6) is 5.88 Å². The molecule has 0 spiro atoms. The van der Waals surface area contributed by atoms with E-state index in [0.29, 0.717) is 16.9 Å². The lowest BCUT2D eigenvalue weighted by atomic mass is 9.83. The fraction of sp³-hybridized carbons (Fsp3) is 0.300. The van der Waals surface area contributed by atoms with E-state index in [4.69, 9.17) is 15.2 Å². The number of hydrogen-bond acceptors (Lipinski definition) is 5. The van der Waals surface area contributed by atoms with Crippen molar-refractivity contribution in [1.82, 2.24) is 4.98 Å². The van der Waals surface area contributed by atoms with Gasteiger partial charge in [-0.1, -0.05) is 18.2 Å². The molecule has 1 aliphatic rings. The van der Waals surface area contributed by atoms with Gasteiger partial charge in [-0.2, -0.15) is 13.2 Å². The van der Waals surface area contributed by atoms with E-state index in [-0.39, 0.29) is 23.3 Å². The summed E-state index contributed by atoms with van der Waals surface area (Å²) in [6, 6.07) is 6.73. The molecule has 1 unspecified atom stereocenters. The van der Waals surface area contributed by atoms with Gasteiger partial charge in [-0.15, -0.1) is 0 Å². The first-order chi connectivity index (χ1) is 13.6. The number of anilines is 1. The number of primary amides is 1. The Labute approximate surface area is 165 Å². The van der Waals surface area contributed by atoms with E-state index in [0.717, 1.165) is 6.07 Å². The Balaban J connectivity index is 2.32. The predicted octanol–water partition coefficient (Wildman–Crippen LogP) is 4.77. The molecule has 2 aromatic rings. The summed E-state index contributed by atoms with van der Waals surface area (Å²) >= 11 is 0. The largest absolute Gasteiger partial charge is 0.475 e. The molecular weight excluding hydrogens is 387 g/mol. The fourth-order valence-electron chi connectivity index (χ4n) is 3.32. The maximum Gasteiger partial charge on any atom is 0.416 e. The highest BCUT2D eigenvalue weighted by molar-refractivity contribution is 5.72. The van der Waals surface area contributed by atoms with Crippen molar-refractivity contribution in [3.8, 4) is 5.88 Å². The number of ether oxygens (including phenoxy) is 2. The molecule has 3 rings (SSSR count). The van der Waals surface area contributed by atoms with Gasteiger partial charge in [-0.3, -0.25) is 0 Å². The van der Waals surface area contributed by atoms with Crippen LogP contribution in [0.1, 0.15) is 43.4 Å². The van der Waals surface area contributed by atoms with Crippen LogP contribution in [0.2, 0.25) is 0 Å². The fourth-order valence-corrected chi connectivity index (χ4v) is 3.32. The monoisotopic (exact) mass is 407 g/mol. The number of alkyl halides is 3. The van der Waals surface area contributed by atoms with E-state index in [1.54, 1.807) is 26.8 Å². The van der Waals surface area contributed by atoms with Crippen molar-refractivity contribution in [3.05, 3.63) is 64.7 Å². The second-order valence-electron chi connectivity index (χ2n) is 6.80. The first kappa shape index (κ1) is 20.5. The van der Waals surface area contributed by atoms with Crippen molar-refractivity contribution in [3.63, 3.8) is 0 Å². The van der Waals surface area contributed by atoms with Crippen molar-refractivity contribution < 1.29 is 27.4 Å². The minimum Gasteiger partial charge on any atom is -0.475 e. The maximum atomic E-state index is 13.8. The number of nitrogens with one attached hydrogen (secondary N) is 1. The Hall–Kier alpha value is -3.23. The molecule has 1 aromatic heterocycles. The summed E-state index contributed by atoms with van der Waals surface area (Å²) in [5.74, 6) is -0.993. The van der Waals surface area contributed by atoms with Crippen LogP contribution in [0.25, 0.3) is 0 Å². The Morgan fingerprint density at radius 2 is 1.93 bits per heavy atom. The van der Waals surface area contributed by atoms with Gasteiger partial charge >= 0.3 is 12.3 Å². The molecule has 0 saturated heterocycles. The average molecular weight is 407 g/mol. The number of fused-ring (bicyclic) bond motifs is 1. The van der Waals surface area contributed by atoms with Crippen LogP contribution in [-0.2, 0) is 10.9 Å². The van der Waals surface area contributed by atoms with Crippen LogP contribution in [0.15, 0.2) is 48.0 Å². The van der Waals surface area contributed by atoms with E-state index in [1.165, 1.54) is 24.4 Å². The molecule has 9 heteroatoms. The minimum absolute atomic E-state index is 0.0386. The number of aromatic nitrogens is 1. The summed E-state index contributed by atoms with van der Waals surface area (Å²) in [4.78, 5) is 15.7. The van der Waals surface area contributed by atoms with Crippen LogP contribution in [-0.4, -0.2) is 17.2 Å². The highest BCUT2D eigenvalue weighted by Crippen LogP contribution is 2.48. The van der Waals surface area contributed by atoms with Crippen LogP contribution >= 0.6 is 0 Å². The molecular formula is C20H20F3N3O3. The van der Waals surface area contributed by atoms with Gasteiger partial charge < -0.3 is 20.5 Å². The summed E-state index contributed by atoms with van der Waals surface area (Å²) < 4.78 is 52.2. The van der Waals surface area contributed by atoms with E-state index in [9.17, 15) is 18.0 Å². The lowest BCUT2D eigenvalue weighted by Gasteiger charge is -2.32. The topological polar surface area (TPSA) is 86.5 Å². The molecule has 29 heavy (non-hydrogen) atoms.